The maximum absolute atomic E-state index is 13.3. The Labute approximate surface area is 124 Å². The Morgan fingerprint density at radius 2 is 2.10 bits per heavy atom. The van der Waals surface area contributed by atoms with Gasteiger partial charge in [-0.2, -0.15) is 0 Å². The zero-order valence-electron chi connectivity index (χ0n) is 12.9. The number of hydrogen-bond donors (Lipinski definition) is 1. The second kappa shape index (κ2) is 6.22. The van der Waals surface area contributed by atoms with Crippen LogP contribution in [-0.2, 0) is 13.1 Å². The predicted octanol–water partition coefficient (Wildman–Crippen LogP) is 2.36. The van der Waals surface area contributed by atoms with Crippen molar-refractivity contribution in [2.75, 3.05) is 7.11 Å². The number of hydrogen-bond acceptors (Lipinski definition) is 4. The van der Waals surface area contributed by atoms with Crippen molar-refractivity contribution < 1.29 is 9.13 Å². The summed E-state index contributed by atoms with van der Waals surface area (Å²) < 4.78 is 20.2. The number of methoxy groups -OCH3 is 1. The van der Waals surface area contributed by atoms with Gasteiger partial charge in [-0.05, 0) is 39.0 Å². The number of nitrogens with one attached hydrogen (secondary N) is 1. The number of aromatic nitrogens is 3. The molecule has 0 fully saturated rings. The third-order valence-electron chi connectivity index (χ3n) is 2.96. The summed E-state index contributed by atoms with van der Waals surface area (Å²) in [5.74, 6) is 0.349. The fourth-order valence-corrected chi connectivity index (χ4v) is 1.90. The van der Waals surface area contributed by atoms with Crippen molar-refractivity contribution in [3.63, 3.8) is 0 Å². The van der Waals surface area contributed by atoms with Gasteiger partial charge in [0.15, 0.2) is 0 Å². The van der Waals surface area contributed by atoms with Gasteiger partial charge in [0.2, 0.25) is 0 Å². The molecule has 114 valence electrons. The van der Waals surface area contributed by atoms with Gasteiger partial charge in [0, 0.05) is 17.6 Å². The summed E-state index contributed by atoms with van der Waals surface area (Å²) in [4.78, 5) is 0. The molecule has 0 aliphatic rings. The largest absolute Gasteiger partial charge is 0.496 e. The summed E-state index contributed by atoms with van der Waals surface area (Å²) in [6, 6.07) is 4.44. The molecule has 21 heavy (non-hydrogen) atoms. The minimum absolute atomic E-state index is 0.0234. The summed E-state index contributed by atoms with van der Waals surface area (Å²) in [6.07, 6.45) is 1.85. The minimum atomic E-state index is -0.291. The normalized spacial score (nSPS) is 11.7. The van der Waals surface area contributed by atoms with Crippen molar-refractivity contribution in [1.82, 2.24) is 20.3 Å². The summed E-state index contributed by atoms with van der Waals surface area (Å²) >= 11 is 0. The van der Waals surface area contributed by atoms with Crippen LogP contribution >= 0.6 is 0 Å². The number of nitrogens with zero attached hydrogens (tertiary/aromatic N) is 3. The van der Waals surface area contributed by atoms with E-state index in [0.29, 0.717) is 18.8 Å². The molecule has 0 amide bonds. The van der Waals surface area contributed by atoms with Crippen LogP contribution in [0.4, 0.5) is 4.39 Å². The van der Waals surface area contributed by atoms with Gasteiger partial charge in [0.25, 0.3) is 0 Å². The fraction of sp³-hybridized carbons (Fsp3) is 0.467. The molecule has 0 spiro atoms. The van der Waals surface area contributed by atoms with Gasteiger partial charge in [0.1, 0.15) is 11.6 Å². The van der Waals surface area contributed by atoms with Gasteiger partial charge < -0.3 is 10.1 Å². The zero-order chi connectivity index (χ0) is 15.5. The SMILES string of the molecule is COc1ccc(F)cc1Cn1cc(CNC(C)(C)C)nn1. The molecule has 1 N–H and O–H groups in total. The topological polar surface area (TPSA) is 52.0 Å². The van der Waals surface area contributed by atoms with Gasteiger partial charge in [0.05, 0.1) is 25.5 Å². The van der Waals surface area contributed by atoms with Crippen LogP contribution in [0.1, 0.15) is 32.0 Å². The maximum atomic E-state index is 13.3. The first-order valence-electron chi connectivity index (χ1n) is 6.84. The molecule has 0 bridgehead atoms. The van der Waals surface area contributed by atoms with Gasteiger partial charge in [-0.25, -0.2) is 9.07 Å². The Kier molecular flexibility index (Phi) is 4.57. The lowest BCUT2D eigenvalue weighted by atomic mass is 10.1. The highest BCUT2D eigenvalue weighted by molar-refractivity contribution is 5.34. The molecule has 0 radical (unpaired) electrons. The lowest BCUT2D eigenvalue weighted by Crippen LogP contribution is -2.35. The van der Waals surface area contributed by atoms with Crippen LogP contribution in [0.25, 0.3) is 0 Å². The van der Waals surface area contributed by atoms with Crippen molar-refractivity contribution in [2.45, 2.75) is 39.4 Å². The Balaban J connectivity index is 2.07. The van der Waals surface area contributed by atoms with Crippen LogP contribution in [0.5, 0.6) is 5.75 Å². The molecular formula is C15H21FN4O. The second-order valence-electron chi connectivity index (χ2n) is 5.97. The standard InChI is InChI=1S/C15H21FN4O/c1-15(2,3)17-8-13-10-20(19-18-13)9-11-7-12(16)5-6-14(11)21-4/h5-7,10,17H,8-9H2,1-4H3. The van der Waals surface area contributed by atoms with Crippen molar-refractivity contribution in [3.05, 3.63) is 41.5 Å². The smallest absolute Gasteiger partial charge is 0.124 e. The average molecular weight is 292 g/mol. The van der Waals surface area contributed by atoms with E-state index in [1.807, 2.05) is 6.20 Å². The quantitative estimate of drug-likeness (QED) is 0.919. The van der Waals surface area contributed by atoms with Crippen LogP contribution in [0, 0.1) is 5.82 Å². The summed E-state index contributed by atoms with van der Waals surface area (Å²) in [5, 5.41) is 11.5. The van der Waals surface area contributed by atoms with Gasteiger partial charge in [-0.3, -0.25) is 0 Å². The zero-order valence-corrected chi connectivity index (χ0v) is 12.9. The minimum Gasteiger partial charge on any atom is -0.496 e. The van der Waals surface area contributed by atoms with Crippen LogP contribution in [0.3, 0.4) is 0 Å². The summed E-state index contributed by atoms with van der Waals surface area (Å²) in [7, 11) is 1.57. The van der Waals surface area contributed by atoms with Crippen LogP contribution in [-0.4, -0.2) is 27.6 Å². The number of ether oxygens (including phenoxy) is 1. The Hall–Kier alpha value is -1.95. The third-order valence-corrected chi connectivity index (χ3v) is 2.96. The van der Waals surface area contributed by atoms with E-state index < -0.39 is 0 Å². The molecule has 1 aromatic heterocycles. The molecular weight excluding hydrogens is 271 g/mol. The van der Waals surface area contributed by atoms with Crippen LogP contribution in [0.15, 0.2) is 24.4 Å². The van der Waals surface area contributed by atoms with E-state index in [0.717, 1.165) is 11.3 Å². The summed E-state index contributed by atoms with van der Waals surface area (Å²) in [5.41, 5.74) is 1.60. The molecule has 2 rings (SSSR count). The molecule has 0 unspecified atom stereocenters. The Bertz CT molecular complexity index is 604. The molecule has 0 saturated carbocycles. The first kappa shape index (κ1) is 15.4. The first-order chi connectivity index (χ1) is 9.87. The molecule has 6 heteroatoms. The van der Waals surface area contributed by atoms with Crippen molar-refractivity contribution in [3.8, 4) is 5.75 Å². The van der Waals surface area contributed by atoms with Crippen molar-refractivity contribution in [2.24, 2.45) is 0 Å². The number of halogens is 1. The van der Waals surface area contributed by atoms with E-state index in [1.165, 1.54) is 12.1 Å². The summed E-state index contributed by atoms with van der Waals surface area (Å²) in [6.45, 7) is 7.34. The Morgan fingerprint density at radius 3 is 2.76 bits per heavy atom. The molecule has 1 heterocycles. The molecule has 0 aliphatic carbocycles. The molecule has 0 aliphatic heterocycles. The van der Waals surface area contributed by atoms with Gasteiger partial charge >= 0.3 is 0 Å². The number of rotatable bonds is 5. The van der Waals surface area contributed by atoms with E-state index in [2.05, 4.69) is 36.4 Å². The van der Waals surface area contributed by atoms with E-state index >= 15 is 0 Å². The average Bonchev–Trinajstić information content (AvgIpc) is 2.84. The first-order valence-corrected chi connectivity index (χ1v) is 6.84. The fourth-order valence-electron chi connectivity index (χ4n) is 1.90. The molecule has 1 aromatic carbocycles. The van der Waals surface area contributed by atoms with E-state index in [-0.39, 0.29) is 11.4 Å². The highest BCUT2D eigenvalue weighted by atomic mass is 19.1. The maximum Gasteiger partial charge on any atom is 0.124 e. The molecule has 0 saturated heterocycles. The highest BCUT2D eigenvalue weighted by Crippen LogP contribution is 2.20. The molecule has 0 atom stereocenters. The van der Waals surface area contributed by atoms with Gasteiger partial charge in [-0.1, -0.05) is 5.21 Å². The predicted molar refractivity (Wildman–Crippen MR) is 78.7 cm³/mol. The van der Waals surface area contributed by atoms with Crippen LogP contribution in [0.2, 0.25) is 0 Å². The van der Waals surface area contributed by atoms with Crippen molar-refractivity contribution in [1.29, 1.82) is 0 Å². The van der Waals surface area contributed by atoms with Crippen LogP contribution < -0.4 is 10.1 Å². The van der Waals surface area contributed by atoms with E-state index in [1.54, 1.807) is 17.9 Å². The van der Waals surface area contributed by atoms with Crippen molar-refractivity contribution >= 4 is 0 Å². The lowest BCUT2D eigenvalue weighted by Gasteiger charge is -2.19. The van der Waals surface area contributed by atoms with E-state index in [4.69, 9.17) is 4.74 Å². The highest BCUT2D eigenvalue weighted by Gasteiger charge is 2.11. The van der Waals surface area contributed by atoms with Gasteiger partial charge in [-0.15, -0.1) is 5.10 Å². The third kappa shape index (κ3) is 4.53. The monoisotopic (exact) mass is 292 g/mol. The molecule has 2 aromatic rings. The lowest BCUT2D eigenvalue weighted by molar-refractivity contribution is 0.405. The Morgan fingerprint density at radius 1 is 1.33 bits per heavy atom. The number of benzene rings is 1. The molecule has 5 nitrogen and oxygen atoms in total. The second-order valence-corrected chi connectivity index (χ2v) is 5.97. The van der Waals surface area contributed by atoms with E-state index in [9.17, 15) is 4.39 Å².